The van der Waals surface area contributed by atoms with E-state index in [-0.39, 0.29) is 29.5 Å². The highest BCUT2D eigenvalue weighted by Crippen LogP contribution is 2.33. The Balaban J connectivity index is 0.00000484. The summed E-state index contributed by atoms with van der Waals surface area (Å²) < 4.78 is 10.8. The van der Waals surface area contributed by atoms with Gasteiger partial charge in [0.25, 0.3) is 0 Å². The number of benzene rings is 1. The zero-order valence-electron chi connectivity index (χ0n) is 14.6. The maximum Gasteiger partial charge on any atom is 0.189 e. The summed E-state index contributed by atoms with van der Waals surface area (Å²) in [5.41, 5.74) is 7.81. The molecule has 1 aromatic carbocycles. The van der Waals surface area contributed by atoms with Crippen LogP contribution in [0.25, 0.3) is 0 Å². The molecular weight excluding hydrogens is 405 g/mol. The van der Waals surface area contributed by atoms with Crippen LogP contribution < -0.4 is 20.5 Å². The molecule has 0 aliphatic carbocycles. The van der Waals surface area contributed by atoms with Gasteiger partial charge in [-0.05, 0) is 44.9 Å². The molecule has 0 saturated heterocycles. The highest BCUT2D eigenvalue weighted by molar-refractivity contribution is 14.0. The van der Waals surface area contributed by atoms with Crippen molar-refractivity contribution in [1.29, 1.82) is 0 Å². The molecule has 1 aromatic rings. The van der Waals surface area contributed by atoms with E-state index >= 15 is 0 Å². The fourth-order valence-electron chi connectivity index (χ4n) is 2.11. The number of hydrogen-bond donors (Lipinski definition) is 2. The van der Waals surface area contributed by atoms with Gasteiger partial charge in [-0.25, -0.2) is 4.99 Å². The van der Waals surface area contributed by atoms with Gasteiger partial charge in [-0.15, -0.1) is 30.6 Å². The van der Waals surface area contributed by atoms with Crippen LogP contribution in [0.3, 0.4) is 0 Å². The van der Waals surface area contributed by atoms with Crippen LogP contribution in [0.5, 0.6) is 11.5 Å². The summed E-state index contributed by atoms with van der Waals surface area (Å²) >= 11 is 0. The van der Waals surface area contributed by atoms with Crippen LogP contribution in [0, 0.1) is 0 Å². The molecule has 0 atom stereocenters. The third kappa shape index (κ3) is 7.11. The average Bonchev–Trinajstić information content (AvgIpc) is 2.43. The molecule has 0 spiro atoms. The second-order valence-corrected chi connectivity index (χ2v) is 6.06. The number of guanidine groups is 1. The number of nitrogens with one attached hydrogen (secondary N) is 1. The molecule has 0 radical (unpaired) electrons. The molecule has 23 heavy (non-hydrogen) atoms. The highest BCUT2D eigenvalue weighted by atomic mass is 127. The molecule has 0 aliphatic rings. The Morgan fingerprint density at radius 1 is 1.30 bits per heavy atom. The van der Waals surface area contributed by atoms with E-state index in [0.29, 0.717) is 24.7 Å². The van der Waals surface area contributed by atoms with E-state index in [2.05, 4.69) is 16.9 Å². The van der Waals surface area contributed by atoms with Crippen molar-refractivity contribution in [3.05, 3.63) is 35.9 Å². The molecule has 0 bridgehead atoms. The minimum Gasteiger partial charge on any atom is -0.493 e. The number of methoxy groups -OCH3 is 2. The number of halogens is 1. The van der Waals surface area contributed by atoms with E-state index in [0.717, 1.165) is 16.9 Å². The molecule has 0 fully saturated rings. The maximum absolute atomic E-state index is 5.90. The van der Waals surface area contributed by atoms with E-state index in [4.69, 9.17) is 15.2 Å². The Morgan fingerprint density at radius 2 is 1.96 bits per heavy atom. The van der Waals surface area contributed by atoms with Crippen molar-refractivity contribution in [3.8, 4) is 11.5 Å². The van der Waals surface area contributed by atoms with E-state index in [1.54, 1.807) is 14.2 Å². The third-order valence-electron chi connectivity index (χ3n) is 2.91. The van der Waals surface area contributed by atoms with Gasteiger partial charge in [-0.3, -0.25) is 0 Å². The zero-order chi connectivity index (χ0) is 16.8. The van der Waals surface area contributed by atoms with Crippen LogP contribution in [0.4, 0.5) is 0 Å². The molecule has 0 heterocycles. The number of nitrogens with two attached hydrogens (primary N) is 1. The van der Waals surface area contributed by atoms with Gasteiger partial charge in [-0.2, -0.15) is 0 Å². The normalized spacial score (nSPS) is 11.4. The molecule has 6 heteroatoms. The SMILES string of the molecule is C=CCc1cc(CN=C(N)NC(C)(C)C)cc(OC)c1OC.I. The van der Waals surface area contributed by atoms with Crippen molar-refractivity contribution in [2.45, 2.75) is 39.3 Å². The first-order valence-corrected chi connectivity index (χ1v) is 7.23. The Labute approximate surface area is 156 Å². The molecule has 3 N–H and O–H groups in total. The third-order valence-corrected chi connectivity index (χ3v) is 2.91. The van der Waals surface area contributed by atoms with Gasteiger partial charge < -0.3 is 20.5 Å². The van der Waals surface area contributed by atoms with Crippen molar-refractivity contribution >= 4 is 29.9 Å². The molecule has 0 aliphatic heterocycles. The van der Waals surface area contributed by atoms with Crippen molar-refractivity contribution in [1.82, 2.24) is 5.32 Å². The zero-order valence-corrected chi connectivity index (χ0v) is 16.9. The number of nitrogens with zero attached hydrogens (tertiary/aromatic N) is 1. The minimum absolute atomic E-state index is 0. The first-order chi connectivity index (χ1) is 10.3. The second-order valence-electron chi connectivity index (χ2n) is 6.06. The van der Waals surface area contributed by atoms with Gasteiger partial charge in [0.05, 0.1) is 20.8 Å². The van der Waals surface area contributed by atoms with Crippen molar-refractivity contribution in [3.63, 3.8) is 0 Å². The molecule has 0 unspecified atom stereocenters. The monoisotopic (exact) mass is 433 g/mol. The Morgan fingerprint density at radius 3 is 2.43 bits per heavy atom. The smallest absolute Gasteiger partial charge is 0.189 e. The molecule has 0 aromatic heterocycles. The predicted molar refractivity (Wildman–Crippen MR) is 107 cm³/mol. The van der Waals surface area contributed by atoms with Gasteiger partial charge in [-0.1, -0.05) is 6.08 Å². The van der Waals surface area contributed by atoms with Crippen LogP contribution in [-0.2, 0) is 13.0 Å². The molecule has 5 nitrogen and oxygen atoms in total. The van der Waals surface area contributed by atoms with Crippen LogP contribution in [0.15, 0.2) is 29.8 Å². The number of allylic oxidation sites excluding steroid dienone is 1. The van der Waals surface area contributed by atoms with Crippen LogP contribution >= 0.6 is 24.0 Å². The van der Waals surface area contributed by atoms with Gasteiger partial charge in [0.2, 0.25) is 0 Å². The van der Waals surface area contributed by atoms with E-state index in [9.17, 15) is 0 Å². The molecule has 130 valence electrons. The topological polar surface area (TPSA) is 68.9 Å². The Kier molecular flexibility index (Phi) is 9.04. The summed E-state index contributed by atoms with van der Waals surface area (Å²) in [7, 11) is 3.26. The second kappa shape index (κ2) is 9.64. The Hall–Kier alpha value is -1.44. The summed E-state index contributed by atoms with van der Waals surface area (Å²) in [5.74, 6) is 1.85. The van der Waals surface area contributed by atoms with Crippen molar-refractivity contribution < 1.29 is 9.47 Å². The van der Waals surface area contributed by atoms with Crippen LogP contribution in [0.1, 0.15) is 31.9 Å². The lowest BCUT2D eigenvalue weighted by molar-refractivity contribution is 0.352. The standard InChI is InChI=1S/C17H27N3O2.HI/c1-7-8-13-9-12(10-14(21-5)15(13)22-6)11-19-16(18)20-17(2,3)4;/h7,9-10H,1,8,11H2,2-6H3,(H3,18,19,20);1H. The first kappa shape index (κ1) is 21.6. The molecule has 0 saturated carbocycles. The number of aliphatic imine (C=N–C) groups is 1. The summed E-state index contributed by atoms with van der Waals surface area (Å²) in [6.45, 7) is 10.4. The lowest BCUT2D eigenvalue weighted by Crippen LogP contribution is -2.44. The van der Waals surface area contributed by atoms with Crippen molar-refractivity contribution in [2.24, 2.45) is 10.7 Å². The van der Waals surface area contributed by atoms with Crippen molar-refractivity contribution in [2.75, 3.05) is 14.2 Å². The molecule has 0 amide bonds. The number of hydrogen-bond acceptors (Lipinski definition) is 3. The van der Waals surface area contributed by atoms with Gasteiger partial charge >= 0.3 is 0 Å². The first-order valence-electron chi connectivity index (χ1n) is 7.23. The van der Waals surface area contributed by atoms with Gasteiger partial charge in [0.1, 0.15) is 0 Å². The summed E-state index contributed by atoms with van der Waals surface area (Å²) in [4.78, 5) is 4.37. The lowest BCUT2D eigenvalue weighted by atomic mass is 10.1. The highest BCUT2D eigenvalue weighted by Gasteiger charge is 2.12. The van der Waals surface area contributed by atoms with E-state index < -0.39 is 0 Å². The van der Waals surface area contributed by atoms with Crippen LogP contribution in [-0.4, -0.2) is 25.7 Å². The van der Waals surface area contributed by atoms with E-state index in [1.807, 2.05) is 39.0 Å². The fourth-order valence-corrected chi connectivity index (χ4v) is 2.11. The van der Waals surface area contributed by atoms with E-state index in [1.165, 1.54) is 0 Å². The minimum atomic E-state index is -0.112. The van der Waals surface area contributed by atoms with Gasteiger partial charge in [0.15, 0.2) is 17.5 Å². The van der Waals surface area contributed by atoms with Crippen LogP contribution in [0.2, 0.25) is 0 Å². The lowest BCUT2D eigenvalue weighted by Gasteiger charge is -2.21. The van der Waals surface area contributed by atoms with Gasteiger partial charge in [0, 0.05) is 11.1 Å². The summed E-state index contributed by atoms with van der Waals surface area (Å²) in [5, 5.41) is 3.14. The largest absolute Gasteiger partial charge is 0.493 e. The molecular formula is C17H28IN3O2. The summed E-state index contributed by atoms with van der Waals surface area (Å²) in [6, 6.07) is 3.95. The average molecular weight is 433 g/mol. The fraction of sp³-hybridized carbons (Fsp3) is 0.471. The Bertz CT molecular complexity index is 552. The number of ether oxygens (including phenoxy) is 2. The quantitative estimate of drug-likeness (QED) is 0.313. The molecule has 1 rings (SSSR count). The maximum atomic E-state index is 5.90. The predicted octanol–water partition coefficient (Wildman–Crippen LogP) is 3.25. The number of rotatable bonds is 6. The summed E-state index contributed by atoms with van der Waals surface area (Å²) in [6.07, 6.45) is 2.53.